The lowest BCUT2D eigenvalue weighted by molar-refractivity contribution is 0.407. The Bertz CT molecular complexity index is 137. The molecule has 0 aromatic carbocycles. The van der Waals surface area contributed by atoms with Gasteiger partial charge in [-0.1, -0.05) is 40.0 Å². The summed E-state index contributed by atoms with van der Waals surface area (Å²) in [6.45, 7) is 7.89. The molecule has 0 amide bonds. The highest BCUT2D eigenvalue weighted by molar-refractivity contribution is 4.70. The third kappa shape index (κ3) is 9.17. The Hall–Kier alpha value is -0.0800. The van der Waals surface area contributed by atoms with Crippen molar-refractivity contribution in [3.63, 3.8) is 0 Å². The number of hydrogen-bond donors (Lipinski definition) is 2. The zero-order valence-electron chi connectivity index (χ0n) is 11.6. The first-order valence-electron chi connectivity index (χ1n) is 7.23. The van der Waals surface area contributed by atoms with Crippen molar-refractivity contribution in [1.82, 2.24) is 5.32 Å². The molecule has 0 aliphatic rings. The molecule has 98 valence electrons. The molecule has 2 atom stereocenters. The van der Waals surface area contributed by atoms with E-state index in [1.54, 1.807) is 0 Å². The summed E-state index contributed by atoms with van der Waals surface area (Å²) in [6, 6.07) is 1.11. The van der Waals surface area contributed by atoms with E-state index in [4.69, 9.17) is 5.73 Å². The van der Waals surface area contributed by atoms with Crippen molar-refractivity contribution < 1.29 is 0 Å². The lowest BCUT2D eigenvalue weighted by Crippen LogP contribution is -2.32. The van der Waals surface area contributed by atoms with E-state index in [2.05, 4.69) is 26.1 Å². The number of rotatable bonds is 11. The molecule has 0 saturated heterocycles. The van der Waals surface area contributed by atoms with Gasteiger partial charge in [0.25, 0.3) is 0 Å². The average molecular weight is 228 g/mol. The lowest BCUT2D eigenvalue weighted by Gasteiger charge is -2.20. The summed E-state index contributed by atoms with van der Waals surface area (Å²) in [6.07, 6.45) is 9.95. The fourth-order valence-corrected chi connectivity index (χ4v) is 2.11. The van der Waals surface area contributed by atoms with Crippen LogP contribution in [0.1, 0.15) is 72.1 Å². The van der Waals surface area contributed by atoms with Crippen LogP contribution in [-0.2, 0) is 0 Å². The molecule has 2 unspecified atom stereocenters. The fourth-order valence-electron chi connectivity index (χ4n) is 2.11. The number of nitrogens with two attached hydrogens (primary N) is 1. The van der Waals surface area contributed by atoms with Gasteiger partial charge in [-0.25, -0.2) is 0 Å². The Balaban J connectivity index is 3.65. The van der Waals surface area contributed by atoms with E-state index in [1.807, 2.05) is 0 Å². The minimum Gasteiger partial charge on any atom is -0.328 e. The van der Waals surface area contributed by atoms with Gasteiger partial charge in [0.2, 0.25) is 0 Å². The second-order valence-corrected chi connectivity index (χ2v) is 4.92. The van der Waals surface area contributed by atoms with Gasteiger partial charge in [0.15, 0.2) is 0 Å². The molecule has 0 aliphatic heterocycles. The highest BCUT2D eigenvalue weighted by Gasteiger charge is 2.09. The summed E-state index contributed by atoms with van der Waals surface area (Å²) in [4.78, 5) is 0. The summed E-state index contributed by atoms with van der Waals surface area (Å²) in [5.41, 5.74) is 6.06. The monoisotopic (exact) mass is 228 g/mol. The van der Waals surface area contributed by atoms with Gasteiger partial charge in [-0.3, -0.25) is 0 Å². The zero-order chi connectivity index (χ0) is 12.2. The molecule has 0 aromatic rings. The molecule has 0 rings (SSSR count). The van der Waals surface area contributed by atoms with Crippen molar-refractivity contribution in [2.75, 3.05) is 6.54 Å². The second-order valence-electron chi connectivity index (χ2n) is 4.92. The van der Waals surface area contributed by atoms with Gasteiger partial charge >= 0.3 is 0 Å². The van der Waals surface area contributed by atoms with E-state index in [-0.39, 0.29) is 0 Å². The molecule has 0 spiro atoms. The van der Waals surface area contributed by atoms with Crippen molar-refractivity contribution >= 4 is 0 Å². The lowest BCUT2D eigenvalue weighted by atomic mass is 10.0. The molecular formula is C14H32N2. The van der Waals surface area contributed by atoms with Crippen molar-refractivity contribution in [2.24, 2.45) is 5.73 Å². The molecule has 3 N–H and O–H groups in total. The van der Waals surface area contributed by atoms with Gasteiger partial charge in [0.05, 0.1) is 0 Å². The van der Waals surface area contributed by atoms with Crippen LogP contribution in [0.15, 0.2) is 0 Å². The van der Waals surface area contributed by atoms with Gasteiger partial charge < -0.3 is 11.1 Å². The van der Waals surface area contributed by atoms with Crippen molar-refractivity contribution in [3.05, 3.63) is 0 Å². The highest BCUT2D eigenvalue weighted by Crippen LogP contribution is 2.09. The molecule has 0 aliphatic carbocycles. The molecule has 2 nitrogen and oxygen atoms in total. The molecule has 2 heteroatoms. The van der Waals surface area contributed by atoms with Gasteiger partial charge in [0, 0.05) is 12.1 Å². The van der Waals surface area contributed by atoms with E-state index in [9.17, 15) is 0 Å². The number of unbranched alkanes of at least 4 members (excludes halogenated alkanes) is 1. The molecule has 0 heterocycles. The topological polar surface area (TPSA) is 38.0 Å². The second kappa shape index (κ2) is 11.4. The first kappa shape index (κ1) is 15.9. The van der Waals surface area contributed by atoms with Gasteiger partial charge in [-0.05, 0) is 38.6 Å². The first-order valence-corrected chi connectivity index (χ1v) is 7.23. The maximum Gasteiger partial charge on any atom is 0.00675 e. The van der Waals surface area contributed by atoms with Crippen molar-refractivity contribution in [1.29, 1.82) is 0 Å². The molecule has 0 bridgehead atoms. The maximum atomic E-state index is 6.06. The standard InChI is InChI=1S/C14H32N2/c1-4-7-12-16-14(9-6-3)11-10-13(15)8-5-2/h13-14,16H,4-12,15H2,1-3H3. The smallest absolute Gasteiger partial charge is 0.00675 e. The molecule has 0 saturated carbocycles. The SMILES string of the molecule is CCCCNC(CCC)CCC(N)CCC. The van der Waals surface area contributed by atoms with Crippen LogP contribution in [0.5, 0.6) is 0 Å². The molecule has 16 heavy (non-hydrogen) atoms. The summed E-state index contributed by atoms with van der Waals surface area (Å²) in [5, 5.41) is 3.66. The van der Waals surface area contributed by atoms with Crippen molar-refractivity contribution in [2.45, 2.75) is 84.2 Å². The van der Waals surface area contributed by atoms with Crippen LogP contribution in [0.4, 0.5) is 0 Å². The third-order valence-electron chi connectivity index (χ3n) is 3.15. The van der Waals surface area contributed by atoms with Crippen LogP contribution in [0.25, 0.3) is 0 Å². The minimum atomic E-state index is 0.414. The summed E-state index contributed by atoms with van der Waals surface area (Å²) in [5.74, 6) is 0. The summed E-state index contributed by atoms with van der Waals surface area (Å²) in [7, 11) is 0. The Morgan fingerprint density at radius 2 is 1.56 bits per heavy atom. The quantitative estimate of drug-likeness (QED) is 0.532. The average Bonchev–Trinajstić information content (AvgIpc) is 2.26. The van der Waals surface area contributed by atoms with E-state index in [0.29, 0.717) is 12.1 Å². The van der Waals surface area contributed by atoms with Crippen molar-refractivity contribution in [3.8, 4) is 0 Å². The maximum absolute atomic E-state index is 6.06. The number of nitrogens with one attached hydrogen (secondary N) is 1. The normalized spacial score (nSPS) is 15.0. The van der Waals surface area contributed by atoms with Crippen LogP contribution in [0, 0.1) is 0 Å². The molecule has 0 radical (unpaired) electrons. The molecule has 0 aromatic heterocycles. The zero-order valence-corrected chi connectivity index (χ0v) is 11.6. The Morgan fingerprint density at radius 3 is 2.12 bits per heavy atom. The van der Waals surface area contributed by atoms with Gasteiger partial charge in [-0.15, -0.1) is 0 Å². The van der Waals surface area contributed by atoms with Crippen LogP contribution >= 0.6 is 0 Å². The van der Waals surface area contributed by atoms with Crippen LogP contribution in [0.2, 0.25) is 0 Å². The predicted molar refractivity (Wildman–Crippen MR) is 73.7 cm³/mol. The predicted octanol–water partition coefficient (Wildman–Crippen LogP) is 3.45. The van der Waals surface area contributed by atoms with Crippen LogP contribution in [-0.4, -0.2) is 18.6 Å². The largest absolute Gasteiger partial charge is 0.328 e. The Kier molecular flexibility index (Phi) is 11.3. The Labute approximate surface area is 102 Å². The Morgan fingerprint density at radius 1 is 0.875 bits per heavy atom. The van der Waals surface area contributed by atoms with Gasteiger partial charge in [-0.2, -0.15) is 0 Å². The van der Waals surface area contributed by atoms with Crippen LogP contribution < -0.4 is 11.1 Å². The van der Waals surface area contributed by atoms with Crippen LogP contribution in [0.3, 0.4) is 0 Å². The molecule has 0 fully saturated rings. The summed E-state index contributed by atoms with van der Waals surface area (Å²) >= 11 is 0. The van der Waals surface area contributed by atoms with E-state index in [0.717, 1.165) is 0 Å². The highest BCUT2D eigenvalue weighted by atomic mass is 14.9. The van der Waals surface area contributed by atoms with Gasteiger partial charge in [0.1, 0.15) is 0 Å². The number of hydrogen-bond acceptors (Lipinski definition) is 2. The van der Waals surface area contributed by atoms with E-state index < -0.39 is 0 Å². The fraction of sp³-hybridized carbons (Fsp3) is 1.00. The van der Waals surface area contributed by atoms with E-state index >= 15 is 0 Å². The molecular weight excluding hydrogens is 196 g/mol. The first-order chi connectivity index (χ1) is 7.74. The minimum absolute atomic E-state index is 0.414. The van der Waals surface area contributed by atoms with E-state index in [1.165, 1.54) is 57.9 Å². The summed E-state index contributed by atoms with van der Waals surface area (Å²) < 4.78 is 0. The third-order valence-corrected chi connectivity index (χ3v) is 3.15.